The highest BCUT2D eigenvalue weighted by molar-refractivity contribution is 8.13. The smallest absolute Gasteiger partial charge is 0.271 e. The van der Waals surface area contributed by atoms with Gasteiger partial charge in [-0.1, -0.05) is 6.92 Å². The Morgan fingerprint density at radius 2 is 2.05 bits per heavy atom. The first-order valence-electron chi connectivity index (χ1n) is 5.73. The van der Waals surface area contributed by atoms with Crippen LogP contribution in [0.25, 0.3) is 0 Å². The zero-order chi connectivity index (χ0) is 15.1. The van der Waals surface area contributed by atoms with Crippen LogP contribution in [0.1, 0.15) is 23.7 Å². The zero-order valence-electron chi connectivity index (χ0n) is 10.4. The van der Waals surface area contributed by atoms with Gasteiger partial charge in [-0.2, -0.15) is 0 Å². The molecule has 1 aliphatic carbocycles. The monoisotopic (exact) mass is 318 g/mol. The van der Waals surface area contributed by atoms with Crippen LogP contribution >= 0.6 is 10.7 Å². The molecule has 0 spiro atoms. The molecule has 1 N–H and O–H groups in total. The maximum absolute atomic E-state index is 11.9. The number of nitrogens with one attached hydrogen (secondary N) is 1. The highest BCUT2D eigenvalue weighted by atomic mass is 35.7. The minimum absolute atomic E-state index is 0.0258. The largest absolute Gasteiger partial charge is 0.349 e. The lowest BCUT2D eigenvalue weighted by atomic mass is 10.2. The maximum atomic E-state index is 11.9. The SMILES string of the molecule is CC1CC1NC(=O)c1cc([N+](=O)[O-])cc(S(=O)(=O)Cl)c1. The lowest BCUT2D eigenvalue weighted by molar-refractivity contribution is -0.385. The van der Waals surface area contributed by atoms with Crippen LogP contribution in [0.5, 0.6) is 0 Å². The molecule has 0 bridgehead atoms. The Balaban J connectivity index is 2.39. The molecule has 1 fully saturated rings. The van der Waals surface area contributed by atoms with Crippen LogP contribution in [0.3, 0.4) is 0 Å². The highest BCUT2D eigenvalue weighted by Gasteiger charge is 2.34. The second kappa shape index (κ2) is 5.02. The number of non-ortho nitro benzene ring substituents is 1. The Hall–Kier alpha value is -1.67. The fourth-order valence-corrected chi connectivity index (χ4v) is 2.53. The van der Waals surface area contributed by atoms with Gasteiger partial charge < -0.3 is 5.32 Å². The van der Waals surface area contributed by atoms with Gasteiger partial charge in [0.2, 0.25) is 0 Å². The maximum Gasteiger partial charge on any atom is 0.271 e. The number of hydrogen-bond donors (Lipinski definition) is 1. The van der Waals surface area contributed by atoms with E-state index in [1.54, 1.807) is 0 Å². The first-order chi connectivity index (χ1) is 9.18. The van der Waals surface area contributed by atoms with Crippen molar-refractivity contribution in [3.63, 3.8) is 0 Å². The quantitative estimate of drug-likeness (QED) is 0.516. The number of amides is 1. The van der Waals surface area contributed by atoms with Crippen LogP contribution in [0, 0.1) is 16.0 Å². The number of rotatable bonds is 4. The molecule has 0 saturated heterocycles. The van der Waals surface area contributed by atoms with Crippen molar-refractivity contribution < 1.29 is 18.1 Å². The van der Waals surface area contributed by atoms with E-state index < -0.39 is 30.5 Å². The van der Waals surface area contributed by atoms with Crippen molar-refractivity contribution in [1.82, 2.24) is 5.32 Å². The van der Waals surface area contributed by atoms with Gasteiger partial charge in [0, 0.05) is 34.4 Å². The zero-order valence-corrected chi connectivity index (χ0v) is 11.9. The Labute approximate surface area is 119 Å². The van der Waals surface area contributed by atoms with E-state index >= 15 is 0 Å². The third-order valence-electron chi connectivity index (χ3n) is 3.07. The minimum atomic E-state index is -4.15. The van der Waals surface area contributed by atoms with Crippen molar-refractivity contribution >= 4 is 31.3 Å². The van der Waals surface area contributed by atoms with E-state index in [2.05, 4.69) is 5.32 Å². The summed E-state index contributed by atoms with van der Waals surface area (Å²) in [4.78, 5) is 21.5. The number of hydrogen-bond acceptors (Lipinski definition) is 5. The predicted octanol–water partition coefficient (Wildman–Crippen LogP) is 1.66. The molecule has 0 radical (unpaired) electrons. The summed E-state index contributed by atoms with van der Waals surface area (Å²) in [5, 5.41) is 13.4. The molecule has 1 saturated carbocycles. The molecule has 0 heterocycles. The lowest BCUT2D eigenvalue weighted by Crippen LogP contribution is -2.26. The number of halogens is 1. The van der Waals surface area contributed by atoms with Gasteiger partial charge in [0.1, 0.15) is 0 Å². The molecule has 20 heavy (non-hydrogen) atoms. The van der Waals surface area contributed by atoms with E-state index in [1.165, 1.54) is 0 Å². The first-order valence-corrected chi connectivity index (χ1v) is 8.04. The summed E-state index contributed by atoms with van der Waals surface area (Å²) in [6.07, 6.45) is 0.835. The summed E-state index contributed by atoms with van der Waals surface area (Å²) in [5.41, 5.74) is -0.599. The van der Waals surface area contributed by atoms with Crippen LogP contribution in [0.4, 0.5) is 5.69 Å². The summed E-state index contributed by atoms with van der Waals surface area (Å²) in [7, 11) is 1.02. The number of nitro groups is 1. The lowest BCUT2D eigenvalue weighted by Gasteiger charge is -2.05. The van der Waals surface area contributed by atoms with Crippen LogP contribution in [-0.2, 0) is 9.05 Å². The molecule has 7 nitrogen and oxygen atoms in total. The van der Waals surface area contributed by atoms with Gasteiger partial charge in [0.25, 0.3) is 20.6 Å². The predicted molar refractivity (Wildman–Crippen MR) is 71.2 cm³/mol. The number of carbonyl (C=O) groups excluding carboxylic acids is 1. The van der Waals surface area contributed by atoms with E-state index in [4.69, 9.17) is 10.7 Å². The standard InChI is InChI=1S/C11H11ClN2O5S/c1-6-2-10(6)13-11(15)7-3-8(14(16)17)5-9(4-7)20(12,18)19/h3-6,10H,2H2,1H3,(H,13,15). The van der Waals surface area contributed by atoms with Crippen molar-refractivity contribution in [3.05, 3.63) is 33.9 Å². The highest BCUT2D eigenvalue weighted by Crippen LogP contribution is 2.30. The molecule has 1 aromatic rings. The van der Waals surface area contributed by atoms with Crippen LogP contribution in [0.2, 0.25) is 0 Å². The molecule has 9 heteroatoms. The van der Waals surface area contributed by atoms with Gasteiger partial charge in [0.15, 0.2) is 0 Å². The minimum Gasteiger partial charge on any atom is -0.349 e. The van der Waals surface area contributed by atoms with E-state index in [1.807, 2.05) is 6.92 Å². The average molecular weight is 319 g/mol. The molecule has 1 amide bonds. The summed E-state index contributed by atoms with van der Waals surface area (Å²) in [5.74, 6) is -0.196. The van der Waals surface area contributed by atoms with Gasteiger partial charge in [-0.25, -0.2) is 8.42 Å². The molecule has 2 rings (SSSR count). The van der Waals surface area contributed by atoms with Gasteiger partial charge in [-0.05, 0) is 18.4 Å². The van der Waals surface area contributed by atoms with E-state index in [9.17, 15) is 23.3 Å². The van der Waals surface area contributed by atoms with Crippen LogP contribution in [-0.4, -0.2) is 25.3 Å². The molecular formula is C11H11ClN2O5S. The third-order valence-corrected chi connectivity index (χ3v) is 4.41. The molecule has 2 unspecified atom stereocenters. The number of nitro benzene ring substituents is 1. The van der Waals surface area contributed by atoms with E-state index in [0.29, 0.717) is 5.92 Å². The van der Waals surface area contributed by atoms with Crippen molar-refractivity contribution in [1.29, 1.82) is 0 Å². The molecular weight excluding hydrogens is 308 g/mol. The summed E-state index contributed by atoms with van der Waals surface area (Å²) >= 11 is 0. The molecule has 2 atom stereocenters. The van der Waals surface area contributed by atoms with E-state index in [0.717, 1.165) is 24.6 Å². The summed E-state index contributed by atoms with van der Waals surface area (Å²) in [6, 6.07) is 2.89. The molecule has 108 valence electrons. The van der Waals surface area contributed by atoms with Crippen molar-refractivity contribution in [3.8, 4) is 0 Å². The Morgan fingerprint density at radius 1 is 1.45 bits per heavy atom. The van der Waals surface area contributed by atoms with Gasteiger partial charge in [-0.3, -0.25) is 14.9 Å². The molecule has 1 aliphatic rings. The fourth-order valence-electron chi connectivity index (χ4n) is 1.74. The Kier molecular flexibility index (Phi) is 3.70. The van der Waals surface area contributed by atoms with Gasteiger partial charge >= 0.3 is 0 Å². The van der Waals surface area contributed by atoms with Crippen LogP contribution in [0.15, 0.2) is 23.1 Å². The van der Waals surface area contributed by atoms with E-state index in [-0.39, 0.29) is 11.6 Å². The Bertz CT molecular complexity index is 688. The molecule has 0 aromatic heterocycles. The van der Waals surface area contributed by atoms with Gasteiger partial charge in [0.05, 0.1) is 9.82 Å². The molecule has 0 aliphatic heterocycles. The molecule has 1 aromatic carbocycles. The topological polar surface area (TPSA) is 106 Å². The Morgan fingerprint density at radius 3 is 2.50 bits per heavy atom. The van der Waals surface area contributed by atoms with Crippen molar-refractivity contribution in [2.45, 2.75) is 24.3 Å². The number of carbonyl (C=O) groups is 1. The first kappa shape index (κ1) is 14.7. The average Bonchev–Trinajstić information content (AvgIpc) is 3.03. The van der Waals surface area contributed by atoms with Crippen molar-refractivity contribution in [2.24, 2.45) is 5.92 Å². The number of nitrogens with zero attached hydrogens (tertiary/aromatic N) is 1. The summed E-state index contributed by atoms with van der Waals surface area (Å²) < 4.78 is 22.6. The second-order valence-electron chi connectivity index (χ2n) is 4.70. The summed E-state index contributed by atoms with van der Waals surface area (Å²) in [6.45, 7) is 1.95. The second-order valence-corrected chi connectivity index (χ2v) is 7.27. The third kappa shape index (κ3) is 3.26. The van der Waals surface area contributed by atoms with Gasteiger partial charge in [-0.15, -0.1) is 0 Å². The van der Waals surface area contributed by atoms with Crippen molar-refractivity contribution in [2.75, 3.05) is 0 Å². The number of benzene rings is 1. The van der Waals surface area contributed by atoms with Crippen LogP contribution < -0.4 is 5.32 Å². The fraction of sp³-hybridized carbons (Fsp3) is 0.364. The normalized spacial score (nSPS) is 21.3.